The highest BCUT2D eigenvalue weighted by Gasteiger charge is 2.21. The third-order valence-corrected chi connectivity index (χ3v) is 9.88. The van der Waals surface area contributed by atoms with E-state index in [0.717, 1.165) is 57.8 Å². The lowest BCUT2D eigenvalue weighted by Gasteiger charge is -2.28. The zero-order valence-electron chi connectivity index (χ0n) is 37.2. The molecule has 0 heterocycles. The third kappa shape index (κ3) is 42.8. The van der Waals surface area contributed by atoms with Crippen molar-refractivity contribution >= 4 is 19.8 Å². The molecule has 2 atom stereocenters. The summed E-state index contributed by atoms with van der Waals surface area (Å²) in [6.45, 7) is 3.98. The Labute approximate surface area is 354 Å². The van der Waals surface area contributed by atoms with Gasteiger partial charge in [0.2, 0.25) is 0 Å². The van der Waals surface area contributed by atoms with E-state index in [2.05, 4.69) is 86.8 Å². The highest BCUT2D eigenvalue weighted by molar-refractivity contribution is 7.45. The number of hydrogen-bond donors (Lipinski definition) is 0. The van der Waals surface area contributed by atoms with Crippen LogP contribution in [0.3, 0.4) is 0 Å². The molecule has 0 saturated heterocycles. The van der Waals surface area contributed by atoms with Crippen LogP contribution in [0.4, 0.5) is 0 Å². The van der Waals surface area contributed by atoms with Crippen LogP contribution in [0, 0.1) is 0 Å². The van der Waals surface area contributed by atoms with Crippen LogP contribution in [-0.4, -0.2) is 70.0 Å². The molecule has 0 aliphatic heterocycles. The van der Waals surface area contributed by atoms with Crippen molar-refractivity contribution in [3.05, 3.63) is 85.1 Å². The van der Waals surface area contributed by atoms with Crippen molar-refractivity contribution in [2.45, 2.75) is 161 Å². The lowest BCUT2D eigenvalue weighted by atomic mass is 10.1. The minimum Gasteiger partial charge on any atom is -0.756 e. The number of allylic oxidation sites excluding steroid dienone is 14. The van der Waals surface area contributed by atoms with Crippen molar-refractivity contribution in [3.63, 3.8) is 0 Å². The number of nitrogens with zero attached hydrogens (tertiary/aromatic N) is 1. The van der Waals surface area contributed by atoms with Gasteiger partial charge in [0.15, 0.2) is 6.10 Å². The maximum absolute atomic E-state index is 12.7. The normalized spacial score (nSPS) is 14.4. The first-order valence-electron chi connectivity index (χ1n) is 22.3. The first-order valence-corrected chi connectivity index (χ1v) is 23.8. The maximum Gasteiger partial charge on any atom is 0.306 e. The molecule has 0 aliphatic rings. The number of phosphoric ester groups is 1. The Balaban J connectivity index is 4.52. The van der Waals surface area contributed by atoms with Crippen molar-refractivity contribution in [2.24, 2.45) is 0 Å². The second kappa shape index (κ2) is 39.6. The van der Waals surface area contributed by atoms with Crippen molar-refractivity contribution in [2.75, 3.05) is 47.5 Å². The van der Waals surface area contributed by atoms with Gasteiger partial charge in [0.25, 0.3) is 7.82 Å². The van der Waals surface area contributed by atoms with Crippen LogP contribution in [0.15, 0.2) is 85.1 Å². The summed E-state index contributed by atoms with van der Waals surface area (Å²) in [7, 11) is 1.10. The van der Waals surface area contributed by atoms with E-state index in [9.17, 15) is 19.0 Å². The monoisotopic (exact) mass is 832 g/mol. The molecule has 0 N–H and O–H groups in total. The standard InChI is InChI=1S/C48H82NO8P/c1-6-8-10-12-14-16-18-20-22-23-24-25-27-28-30-32-34-36-38-40-47(50)54-44-46(45-56-58(52,53)55-43-42-49(3,4)5)57-48(51)41-39-37-35-33-31-29-26-21-19-17-15-13-11-9-7-2/h8,10,14,16,20,22,24-25,28,30-31,33-34,36,46H,6-7,9,11-13,15,17-19,21,23,26-27,29,32,35,37-45H2,1-5H3/b10-8+,16-14+,22-20+,25-24+,30-28+,33-31+,36-34+/t46-/m1/s1. The summed E-state index contributed by atoms with van der Waals surface area (Å²) in [4.78, 5) is 37.5. The van der Waals surface area contributed by atoms with Crippen LogP contribution in [-0.2, 0) is 32.7 Å². The van der Waals surface area contributed by atoms with Crippen LogP contribution in [0.2, 0.25) is 0 Å². The van der Waals surface area contributed by atoms with Gasteiger partial charge in [-0.05, 0) is 77.0 Å². The van der Waals surface area contributed by atoms with E-state index >= 15 is 0 Å². The van der Waals surface area contributed by atoms with Gasteiger partial charge in [0, 0.05) is 12.8 Å². The molecule has 0 amide bonds. The molecule has 0 radical (unpaired) electrons. The lowest BCUT2D eigenvalue weighted by Crippen LogP contribution is -2.37. The number of rotatable bonds is 39. The van der Waals surface area contributed by atoms with Crippen molar-refractivity contribution in [3.8, 4) is 0 Å². The van der Waals surface area contributed by atoms with Crippen molar-refractivity contribution in [1.82, 2.24) is 0 Å². The SMILES string of the molecule is CC/C=C/C/C=C/C/C=C/C/C=C/C/C=C/C/C=C/CCC(=O)OC[C@H](COP(=O)([O-])OCC[N+](C)(C)C)OC(=O)CCCC/C=C/CCCCCCCCCCC. The van der Waals surface area contributed by atoms with Crippen LogP contribution in [0.5, 0.6) is 0 Å². The molecular weight excluding hydrogens is 750 g/mol. The van der Waals surface area contributed by atoms with Crippen molar-refractivity contribution < 1.29 is 42.1 Å². The Kier molecular flexibility index (Phi) is 37.7. The van der Waals surface area contributed by atoms with E-state index < -0.39 is 32.5 Å². The second-order valence-corrected chi connectivity index (χ2v) is 17.1. The molecule has 58 heavy (non-hydrogen) atoms. The molecule has 0 spiro atoms. The van der Waals surface area contributed by atoms with E-state index in [-0.39, 0.29) is 26.1 Å². The summed E-state index contributed by atoms with van der Waals surface area (Å²) in [5.41, 5.74) is 0. The highest BCUT2D eigenvalue weighted by atomic mass is 31.2. The Morgan fingerprint density at radius 2 is 1.02 bits per heavy atom. The molecule has 0 fully saturated rings. The molecule has 9 nitrogen and oxygen atoms in total. The van der Waals surface area contributed by atoms with Crippen LogP contribution in [0.1, 0.15) is 155 Å². The Bertz CT molecular complexity index is 1260. The average molecular weight is 832 g/mol. The van der Waals surface area contributed by atoms with Gasteiger partial charge in [0.05, 0.1) is 27.7 Å². The Morgan fingerprint density at radius 1 is 0.552 bits per heavy atom. The van der Waals surface area contributed by atoms with Gasteiger partial charge in [-0.25, -0.2) is 0 Å². The van der Waals surface area contributed by atoms with E-state index in [0.29, 0.717) is 23.9 Å². The number of likely N-dealkylation sites (N-methyl/N-ethyl adjacent to an activating group) is 1. The zero-order chi connectivity index (χ0) is 42.8. The summed E-state index contributed by atoms with van der Waals surface area (Å²) < 4.78 is 33.8. The lowest BCUT2D eigenvalue weighted by molar-refractivity contribution is -0.870. The topological polar surface area (TPSA) is 111 Å². The molecule has 0 aromatic carbocycles. The fourth-order valence-corrected chi connectivity index (χ4v) is 6.17. The van der Waals surface area contributed by atoms with Crippen LogP contribution >= 0.6 is 7.82 Å². The fraction of sp³-hybridized carbons (Fsp3) is 0.667. The Morgan fingerprint density at radius 3 is 1.53 bits per heavy atom. The van der Waals surface area contributed by atoms with E-state index in [1.807, 2.05) is 33.3 Å². The molecule has 0 saturated carbocycles. The van der Waals surface area contributed by atoms with Crippen LogP contribution < -0.4 is 4.89 Å². The van der Waals surface area contributed by atoms with E-state index in [1.54, 1.807) is 0 Å². The van der Waals surface area contributed by atoms with E-state index in [4.69, 9.17) is 18.5 Å². The van der Waals surface area contributed by atoms with Gasteiger partial charge < -0.3 is 27.9 Å². The minimum atomic E-state index is -4.65. The largest absolute Gasteiger partial charge is 0.756 e. The van der Waals surface area contributed by atoms with Gasteiger partial charge in [-0.3, -0.25) is 14.2 Å². The van der Waals surface area contributed by atoms with E-state index in [1.165, 1.54) is 57.8 Å². The number of ether oxygens (including phenoxy) is 2. The number of quaternary nitrogens is 1. The summed E-state index contributed by atoms with van der Waals surface area (Å²) in [6, 6.07) is 0. The predicted molar refractivity (Wildman–Crippen MR) is 240 cm³/mol. The first-order chi connectivity index (χ1) is 28.0. The van der Waals surface area contributed by atoms with Gasteiger partial charge in [-0.2, -0.15) is 0 Å². The zero-order valence-corrected chi connectivity index (χ0v) is 38.1. The van der Waals surface area contributed by atoms with Gasteiger partial charge in [-0.1, -0.05) is 150 Å². The molecule has 10 heteroatoms. The number of phosphoric acid groups is 1. The Hall–Kier alpha value is -2.81. The molecule has 0 bridgehead atoms. The fourth-order valence-electron chi connectivity index (χ4n) is 5.44. The third-order valence-electron chi connectivity index (χ3n) is 8.91. The summed E-state index contributed by atoms with van der Waals surface area (Å²) in [5.74, 6) is -0.966. The average Bonchev–Trinajstić information content (AvgIpc) is 3.17. The molecule has 0 aliphatic carbocycles. The van der Waals surface area contributed by atoms with Crippen molar-refractivity contribution in [1.29, 1.82) is 0 Å². The molecule has 332 valence electrons. The van der Waals surface area contributed by atoms with Gasteiger partial charge >= 0.3 is 11.9 Å². The van der Waals surface area contributed by atoms with Gasteiger partial charge in [0.1, 0.15) is 19.8 Å². The minimum absolute atomic E-state index is 0.0496. The quantitative estimate of drug-likeness (QED) is 0.0198. The summed E-state index contributed by atoms with van der Waals surface area (Å²) in [6.07, 6.45) is 50.6. The number of hydrogen-bond acceptors (Lipinski definition) is 8. The number of unbranched alkanes of at least 4 members (excludes halogenated alkanes) is 11. The highest BCUT2D eigenvalue weighted by Crippen LogP contribution is 2.38. The molecule has 0 aromatic heterocycles. The number of esters is 2. The predicted octanol–water partition coefficient (Wildman–Crippen LogP) is 12.2. The summed E-state index contributed by atoms with van der Waals surface area (Å²) >= 11 is 0. The second-order valence-electron chi connectivity index (χ2n) is 15.7. The summed E-state index contributed by atoms with van der Waals surface area (Å²) in [5, 5.41) is 0. The molecule has 0 rings (SSSR count). The first kappa shape index (κ1) is 55.2. The smallest absolute Gasteiger partial charge is 0.306 e. The maximum atomic E-state index is 12.7. The molecule has 1 unspecified atom stereocenters. The van der Waals surface area contributed by atoms with Crippen LogP contribution in [0.25, 0.3) is 0 Å². The molecule has 0 aromatic rings. The number of carbonyl (C=O) groups excluding carboxylic acids is 2. The number of carbonyl (C=O) groups is 2. The molecular formula is C48H82NO8P. The van der Waals surface area contributed by atoms with Gasteiger partial charge in [-0.15, -0.1) is 0 Å².